The second kappa shape index (κ2) is 5.37. The lowest BCUT2D eigenvalue weighted by Crippen LogP contribution is -2.45. The Labute approximate surface area is 119 Å². The zero-order valence-corrected chi connectivity index (χ0v) is 12.3. The summed E-state index contributed by atoms with van der Waals surface area (Å²) in [5, 5.41) is 2.80. The van der Waals surface area contributed by atoms with E-state index < -0.39 is 6.04 Å². The Hall–Kier alpha value is -1.68. The smallest absolute Gasteiger partial charge is 0.241 e. The number of aryl methyl sites for hydroxylation is 1. The number of fused-ring (bicyclic) bond motifs is 1. The maximum Gasteiger partial charge on any atom is 0.241 e. The fourth-order valence-electron chi connectivity index (χ4n) is 2.32. The van der Waals surface area contributed by atoms with Crippen molar-refractivity contribution in [2.75, 3.05) is 5.32 Å². The number of hydrogen-bond donors (Lipinski definition) is 2. The highest BCUT2D eigenvalue weighted by atomic mass is 16.2. The van der Waals surface area contributed by atoms with Crippen LogP contribution in [0.2, 0.25) is 0 Å². The van der Waals surface area contributed by atoms with Crippen molar-refractivity contribution in [3.63, 3.8) is 0 Å². The predicted octanol–water partition coefficient (Wildman–Crippen LogP) is 2.52. The summed E-state index contributed by atoms with van der Waals surface area (Å²) in [6.45, 7) is 5.77. The molecule has 0 aromatic heterocycles. The second-order valence-corrected chi connectivity index (χ2v) is 6.48. The molecule has 1 aliphatic carbocycles. The number of benzene rings is 1. The van der Waals surface area contributed by atoms with Crippen molar-refractivity contribution in [1.29, 1.82) is 0 Å². The Balaban J connectivity index is 2.17. The minimum atomic E-state index is -0.589. The first-order valence-electron chi connectivity index (χ1n) is 7.01. The van der Waals surface area contributed by atoms with Crippen LogP contribution in [-0.4, -0.2) is 17.7 Å². The van der Waals surface area contributed by atoms with Crippen LogP contribution < -0.4 is 11.1 Å². The van der Waals surface area contributed by atoms with E-state index in [0.717, 1.165) is 24.0 Å². The van der Waals surface area contributed by atoms with Crippen molar-refractivity contribution in [2.45, 2.75) is 46.1 Å². The van der Waals surface area contributed by atoms with Crippen molar-refractivity contribution in [1.82, 2.24) is 0 Å². The molecule has 1 aromatic carbocycles. The van der Waals surface area contributed by atoms with Gasteiger partial charge in [-0.1, -0.05) is 26.8 Å². The van der Waals surface area contributed by atoms with Gasteiger partial charge in [-0.05, 0) is 36.0 Å². The largest absolute Gasteiger partial charge is 0.325 e. The number of rotatable bonds is 2. The van der Waals surface area contributed by atoms with Gasteiger partial charge < -0.3 is 11.1 Å². The minimum absolute atomic E-state index is 0.155. The molecular formula is C16H22N2O2. The van der Waals surface area contributed by atoms with E-state index in [4.69, 9.17) is 5.73 Å². The zero-order chi connectivity index (χ0) is 14.9. The van der Waals surface area contributed by atoms with Gasteiger partial charge in [0.25, 0.3) is 0 Å². The molecule has 3 N–H and O–H groups in total. The van der Waals surface area contributed by atoms with Crippen molar-refractivity contribution in [2.24, 2.45) is 11.1 Å². The molecule has 0 aliphatic heterocycles. The Bertz CT molecular complexity index is 544. The lowest BCUT2D eigenvalue weighted by atomic mass is 9.86. The molecular weight excluding hydrogens is 252 g/mol. The van der Waals surface area contributed by atoms with Gasteiger partial charge in [-0.3, -0.25) is 9.59 Å². The lowest BCUT2D eigenvalue weighted by Gasteiger charge is -2.26. The van der Waals surface area contributed by atoms with Gasteiger partial charge in [0, 0.05) is 17.7 Å². The summed E-state index contributed by atoms with van der Waals surface area (Å²) in [5.74, 6) is -0.0665. The summed E-state index contributed by atoms with van der Waals surface area (Å²) in [5.41, 5.74) is 8.08. The van der Waals surface area contributed by atoms with Gasteiger partial charge in [0.05, 0.1) is 6.04 Å². The SMILES string of the molecule is CC(C)(C)[C@H](N)C(=O)Nc1ccc2c(c1)C(=O)CCC2. The van der Waals surface area contributed by atoms with Gasteiger partial charge in [0.15, 0.2) is 5.78 Å². The molecule has 0 unspecified atom stereocenters. The summed E-state index contributed by atoms with van der Waals surface area (Å²) < 4.78 is 0. The highest BCUT2D eigenvalue weighted by Gasteiger charge is 2.27. The Morgan fingerprint density at radius 1 is 1.30 bits per heavy atom. The van der Waals surface area contributed by atoms with Crippen LogP contribution in [0.25, 0.3) is 0 Å². The first kappa shape index (κ1) is 14.7. The van der Waals surface area contributed by atoms with Crippen LogP contribution in [0.15, 0.2) is 18.2 Å². The maximum atomic E-state index is 12.1. The number of Topliss-reactive ketones (excluding diaryl/α,β-unsaturated/α-hetero) is 1. The molecule has 0 radical (unpaired) electrons. The molecule has 1 atom stereocenters. The summed E-state index contributed by atoms with van der Waals surface area (Å²) in [4.78, 5) is 24.0. The van der Waals surface area contributed by atoms with E-state index in [1.165, 1.54) is 0 Å². The summed E-state index contributed by atoms with van der Waals surface area (Å²) in [7, 11) is 0. The minimum Gasteiger partial charge on any atom is -0.325 e. The van der Waals surface area contributed by atoms with E-state index >= 15 is 0 Å². The Morgan fingerprint density at radius 2 is 2.00 bits per heavy atom. The number of nitrogens with one attached hydrogen (secondary N) is 1. The molecule has 20 heavy (non-hydrogen) atoms. The van der Waals surface area contributed by atoms with Crippen molar-refractivity contribution < 1.29 is 9.59 Å². The molecule has 4 heteroatoms. The lowest BCUT2D eigenvalue weighted by molar-refractivity contribution is -0.119. The van der Waals surface area contributed by atoms with Gasteiger partial charge in [-0.15, -0.1) is 0 Å². The molecule has 0 saturated heterocycles. The van der Waals surface area contributed by atoms with Crippen LogP contribution in [0.3, 0.4) is 0 Å². The first-order chi connectivity index (χ1) is 9.29. The first-order valence-corrected chi connectivity index (χ1v) is 7.01. The Kier molecular flexibility index (Phi) is 3.95. The molecule has 1 aromatic rings. The van der Waals surface area contributed by atoms with Crippen molar-refractivity contribution >= 4 is 17.4 Å². The third kappa shape index (κ3) is 3.07. The van der Waals surface area contributed by atoms with Crippen LogP contribution in [0, 0.1) is 5.41 Å². The number of carbonyl (C=O) groups excluding carboxylic acids is 2. The maximum absolute atomic E-state index is 12.1. The number of nitrogens with two attached hydrogens (primary N) is 1. The summed E-state index contributed by atoms with van der Waals surface area (Å²) in [6.07, 6.45) is 2.43. The highest BCUT2D eigenvalue weighted by molar-refractivity contribution is 6.01. The molecule has 1 amide bonds. The van der Waals surface area contributed by atoms with Gasteiger partial charge in [-0.2, -0.15) is 0 Å². The predicted molar refractivity (Wildman–Crippen MR) is 79.8 cm³/mol. The average Bonchev–Trinajstić information content (AvgIpc) is 2.37. The monoisotopic (exact) mass is 274 g/mol. The molecule has 0 bridgehead atoms. The van der Waals surface area contributed by atoms with Crippen molar-refractivity contribution in [3.8, 4) is 0 Å². The number of anilines is 1. The molecule has 1 aliphatic rings. The van der Waals surface area contributed by atoms with E-state index in [0.29, 0.717) is 12.1 Å². The van der Waals surface area contributed by atoms with Gasteiger partial charge in [-0.25, -0.2) is 0 Å². The van der Waals surface area contributed by atoms with Gasteiger partial charge in [0.2, 0.25) is 5.91 Å². The van der Waals surface area contributed by atoms with Crippen molar-refractivity contribution in [3.05, 3.63) is 29.3 Å². The van der Waals surface area contributed by atoms with Gasteiger partial charge >= 0.3 is 0 Å². The molecule has 0 spiro atoms. The number of amides is 1. The third-order valence-corrected chi connectivity index (χ3v) is 3.74. The molecule has 4 nitrogen and oxygen atoms in total. The third-order valence-electron chi connectivity index (χ3n) is 3.74. The number of hydrogen-bond acceptors (Lipinski definition) is 3. The molecule has 0 saturated carbocycles. The summed E-state index contributed by atoms with van der Waals surface area (Å²) >= 11 is 0. The Morgan fingerprint density at radius 3 is 2.65 bits per heavy atom. The molecule has 2 rings (SSSR count). The van der Waals surface area contributed by atoms with Crippen LogP contribution in [0.5, 0.6) is 0 Å². The highest BCUT2D eigenvalue weighted by Crippen LogP contribution is 2.25. The number of ketones is 1. The van der Waals surface area contributed by atoms with Crippen LogP contribution >= 0.6 is 0 Å². The fraction of sp³-hybridized carbons (Fsp3) is 0.500. The number of carbonyl (C=O) groups is 2. The molecule has 0 heterocycles. The fourth-order valence-corrected chi connectivity index (χ4v) is 2.32. The molecule has 108 valence electrons. The van der Waals surface area contributed by atoms with E-state index in [1.807, 2.05) is 32.9 Å². The molecule has 0 fully saturated rings. The van der Waals surface area contributed by atoms with E-state index in [1.54, 1.807) is 6.07 Å². The average molecular weight is 274 g/mol. The summed E-state index contributed by atoms with van der Waals surface area (Å²) in [6, 6.07) is 4.94. The van der Waals surface area contributed by atoms with Crippen LogP contribution in [-0.2, 0) is 11.2 Å². The quantitative estimate of drug-likeness (QED) is 0.870. The zero-order valence-electron chi connectivity index (χ0n) is 12.3. The van der Waals surface area contributed by atoms with Crippen LogP contribution in [0.1, 0.15) is 49.5 Å². The van der Waals surface area contributed by atoms with E-state index in [9.17, 15) is 9.59 Å². The van der Waals surface area contributed by atoms with E-state index in [2.05, 4.69) is 5.32 Å². The normalized spacial score (nSPS) is 16.5. The van der Waals surface area contributed by atoms with Crippen LogP contribution in [0.4, 0.5) is 5.69 Å². The van der Waals surface area contributed by atoms with E-state index in [-0.39, 0.29) is 17.1 Å². The second-order valence-electron chi connectivity index (χ2n) is 6.48. The topological polar surface area (TPSA) is 72.2 Å². The standard InChI is InChI=1S/C16H22N2O2/c1-16(2,3)14(17)15(20)18-11-8-7-10-5-4-6-13(19)12(10)9-11/h7-9,14H,4-6,17H2,1-3H3,(H,18,20)/t14-/m1/s1. The van der Waals surface area contributed by atoms with Gasteiger partial charge in [0.1, 0.15) is 0 Å².